The van der Waals surface area contributed by atoms with E-state index in [2.05, 4.69) is 15.3 Å². The molecule has 0 atom stereocenters. The number of aromatic nitrogens is 2. The summed E-state index contributed by atoms with van der Waals surface area (Å²) in [5, 5.41) is 26.1. The Morgan fingerprint density at radius 1 is 1.33 bits per heavy atom. The van der Waals surface area contributed by atoms with E-state index in [4.69, 9.17) is 11.6 Å². The Labute approximate surface area is 127 Å². The van der Waals surface area contributed by atoms with Gasteiger partial charge in [0.2, 0.25) is 5.28 Å². The Balaban J connectivity index is 2.08. The molecular weight excluding hydrogens is 316 g/mol. The van der Waals surface area contributed by atoms with E-state index in [-0.39, 0.29) is 22.4 Å². The molecule has 0 fully saturated rings. The first-order valence-electron chi connectivity index (χ1n) is 5.70. The summed E-state index contributed by atoms with van der Waals surface area (Å²) in [4.78, 5) is 19.1. The highest BCUT2D eigenvalue weighted by Crippen LogP contribution is 2.33. The van der Waals surface area contributed by atoms with Gasteiger partial charge in [0.05, 0.1) is 16.0 Å². The van der Waals surface area contributed by atoms with Gasteiger partial charge in [-0.2, -0.15) is 4.98 Å². The van der Waals surface area contributed by atoms with Crippen molar-refractivity contribution in [2.75, 3.05) is 5.32 Å². The number of hydrogen-bond donors (Lipinski definition) is 2. The minimum atomic E-state index is -0.544. The molecule has 2 aromatic heterocycles. The first-order valence-corrected chi connectivity index (χ1v) is 6.95. The Bertz CT molecular complexity index is 852. The lowest BCUT2D eigenvalue weighted by molar-refractivity contribution is -0.384. The molecule has 106 valence electrons. The van der Waals surface area contributed by atoms with Crippen molar-refractivity contribution in [3.05, 3.63) is 45.0 Å². The molecule has 0 aliphatic heterocycles. The number of rotatable bonds is 3. The van der Waals surface area contributed by atoms with E-state index in [1.54, 1.807) is 6.07 Å². The number of benzene rings is 1. The number of phenolic OH excluding ortho intramolecular Hbond substituents is 1. The van der Waals surface area contributed by atoms with Crippen LogP contribution in [0, 0.1) is 10.1 Å². The lowest BCUT2D eigenvalue weighted by Gasteiger charge is -2.08. The summed E-state index contributed by atoms with van der Waals surface area (Å²) in [5.41, 5.74) is 0.0310. The molecular formula is C12H7ClN4O3S. The Kier molecular flexibility index (Phi) is 3.32. The lowest BCUT2D eigenvalue weighted by Crippen LogP contribution is -1.97. The molecule has 0 aliphatic rings. The highest BCUT2D eigenvalue weighted by Gasteiger charge is 2.13. The maximum Gasteiger partial charge on any atom is 0.271 e. The third-order valence-corrected chi connectivity index (χ3v) is 3.72. The molecule has 0 spiro atoms. The largest absolute Gasteiger partial charge is 0.506 e. The molecule has 0 bridgehead atoms. The van der Waals surface area contributed by atoms with Crippen molar-refractivity contribution in [3.8, 4) is 5.75 Å². The highest BCUT2D eigenvalue weighted by atomic mass is 35.5. The van der Waals surface area contributed by atoms with Crippen molar-refractivity contribution in [1.82, 2.24) is 9.97 Å². The summed E-state index contributed by atoms with van der Waals surface area (Å²) < 4.78 is 0. The first-order chi connectivity index (χ1) is 10.0. The van der Waals surface area contributed by atoms with E-state index in [1.807, 2.05) is 5.38 Å². The number of halogens is 1. The van der Waals surface area contributed by atoms with Gasteiger partial charge in [0, 0.05) is 12.1 Å². The number of nitro groups is 1. The molecule has 3 rings (SSSR count). The van der Waals surface area contributed by atoms with Crippen LogP contribution in [0.4, 0.5) is 17.2 Å². The normalized spacial score (nSPS) is 10.7. The minimum absolute atomic E-state index is 0.0531. The third kappa shape index (κ3) is 2.58. The molecule has 1 aromatic carbocycles. The van der Waals surface area contributed by atoms with E-state index in [1.165, 1.54) is 29.5 Å². The Hall–Kier alpha value is -2.45. The number of phenols is 1. The zero-order valence-corrected chi connectivity index (χ0v) is 11.9. The highest BCUT2D eigenvalue weighted by molar-refractivity contribution is 7.16. The van der Waals surface area contributed by atoms with Crippen molar-refractivity contribution in [1.29, 1.82) is 0 Å². The molecule has 0 aliphatic carbocycles. The number of non-ortho nitro benzene ring substituents is 1. The van der Waals surface area contributed by atoms with E-state index >= 15 is 0 Å². The smallest absolute Gasteiger partial charge is 0.271 e. The maximum atomic E-state index is 10.8. The van der Waals surface area contributed by atoms with Gasteiger partial charge in [-0.05, 0) is 29.1 Å². The van der Waals surface area contributed by atoms with Crippen LogP contribution < -0.4 is 5.32 Å². The zero-order valence-electron chi connectivity index (χ0n) is 10.3. The van der Waals surface area contributed by atoms with Crippen LogP contribution in [0.1, 0.15) is 0 Å². The van der Waals surface area contributed by atoms with Gasteiger partial charge in [-0.15, -0.1) is 11.3 Å². The van der Waals surface area contributed by atoms with Gasteiger partial charge < -0.3 is 10.4 Å². The minimum Gasteiger partial charge on any atom is -0.506 e. The van der Waals surface area contributed by atoms with Crippen molar-refractivity contribution in [2.24, 2.45) is 0 Å². The number of nitro benzene ring substituents is 1. The van der Waals surface area contributed by atoms with E-state index in [0.29, 0.717) is 10.6 Å². The number of nitrogens with one attached hydrogen (secondary N) is 1. The van der Waals surface area contributed by atoms with Crippen LogP contribution in [0.25, 0.3) is 10.2 Å². The standard InChI is InChI=1S/C12H7ClN4O3S/c13-12-15-10(7-3-4-21-11(7)16-12)14-8-5-6(17(19)20)1-2-9(8)18/h1-5,18H,(H,14,15,16). The quantitative estimate of drug-likeness (QED) is 0.330. The molecule has 3 aromatic rings. The molecule has 0 amide bonds. The number of aromatic hydroxyl groups is 1. The van der Waals surface area contributed by atoms with Crippen molar-refractivity contribution >= 4 is 50.3 Å². The summed E-state index contributed by atoms with van der Waals surface area (Å²) in [6.45, 7) is 0. The Morgan fingerprint density at radius 3 is 2.90 bits per heavy atom. The second-order valence-corrected chi connectivity index (χ2v) is 5.30. The van der Waals surface area contributed by atoms with E-state index in [0.717, 1.165) is 5.39 Å². The average Bonchev–Trinajstić information content (AvgIpc) is 2.89. The predicted molar refractivity (Wildman–Crippen MR) is 80.5 cm³/mol. The second-order valence-electron chi connectivity index (χ2n) is 4.06. The molecule has 2 heterocycles. The monoisotopic (exact) mass is 322 g/mol. The lowest BCUT2D eigenvalue weighted by atomic mass is 10.2. The molecule has 0 unspecified atom stereocenters. The van der Waals surface area contributed by atoms with Gasteiger partial charge in [0.1, 0.15) is 16.4 Å². The van der Waals surface area contributed by atoms with Crippen LogP contribution in [-0.4, -0.2) is 20.0 Å². The number of thiophene rings is 1. The van der Waals surface area contributed by atoms with E-state index < -0.39 is 4.92 Å². The molecule has 0 saturated carbocycles. The van der Waals surface area contributed by atoms with Crippen molar-refractivity contribution < 1.29 is 10.0 Å². The van der Waals surface area contributed by atoms with Crippen LogP contribution in [0.5, 0.6) is 5.75 Å². The summed E-state index contributed by atoms with van der Waals surface area (Å²) in [6, 6.07) is 5.48. The van der Waals surface area contributed by atoms with Crippen molar-refractivity contribution in [2.45, 2.75) is 0 Å². The molecule has 0 radical (unpaired) electrons. The Morgan fingerprint density at radius 2 is 2.14 bits per heavy atom. The fraction of sp³-hybridized carbons (Fsp3) is 0. The summed E-state index contributed by atoms with van der Waals surface area (Å²) in [7, 11) is 0. The number of hydrogen-bond acceptors (Lipinski definition) is 7. The molecule has 0 saturated heterocycles. The van der Waals surface area contributed by atoms with Crippen molar-refractivity contribution in [3.63, 3.8) is 0 Å². The fourth-order valence-corrected chi connectivity index (χ4v) is 2.77. The summed E-state index contributed by atoms with van der Waals surface area (Å²) in [5.74, 6) is 0.251. The summed E-state index contributed by atoms with van der Waals surface area (Å²) >= 11 is 7.23. The average molecular weight is 323 g/mol. The third-order valence-electron chi connectivity index (χ3n) is 2.74. The molecule has 7 nitrogen and oxygen atoms in total. The predicted octanol–water partition coefficient (Wildman–Crippen LogP) is 3.70. The van der Waals surface area contributed by atoms with Crippen LogP contribution in [0.3, 0.4) is 0 Å². The molecule has 2 N–H and O–H groups in total. The van der Waals surface area contributed by atoms with Gasteiger partial charge in [0.25, 0.3) is 5.69 Å². The van der Waals surface area contributed by atoms with Gasteiger partial charge in [0.15, 0.2) is 0 Å². The molecule has 9 heteroatoms. The number of fused-ring (bicyclic) bond motifs is 1. The molecule has 21 heavy (non-hydrogen) atoms. The van der Waals surface area contributed by atoms with Gasteiger partial charge in [-0.25, -0.2) is 4.98 Å². The van der Waals surface area contributed by atoms with Gasteiger partial charge >= 0.3 is 0 Å². The number of anilines is 2. The zero-order chi connectivity index (χ0) is 15.0. The topological polar surface area (TPSA) is 101 Å². The fourth-order valence-electron chi connectivity index (χ4n) is 1.79. The van der Waals surface area contributed by atoms with Crippen LogP contribution in [0.15, 0.2) is 29.6 Å². The summed E-state index contributed by atoms with van der Waals surface area (Å²) in [6.07, 6.45) is 0. The van der Waals surface area contributed by atoms with Crippen LogP contribution in [-0.2, 0) is 0 Å². The van der Waals surface area contributed by atoms with E-state index in [9.17, 15) is 15.2 Å². The van der Waals surface area contributed by atoms with Crippen LogP contribution >= 0.6 is 22.9 Å². The SMILES string of the molecule is O=[N+]([O-])c1ccc(O)c(Nc2nc(Cl)nc3sccc23)c1. The van der Waals surface area contributed by atoms with Crippen LogP contribution in [0.2, 0.25) is 5.28 Å². The number of nitrogens with zero attached hydrogens (tertiary/aromatic N) is 3. The second kappa shape index (κ2) is 5.15. The van der Waals surface area contributed by atoms with Gasteiger partial charge in [-0.3, -0.25) is 10.1 Å². The first kappa shape index (κ1) is 13.5. The van der Waals surface area contributed by atoms with Gasteiger partial charge in [-0.1, -0.05) is 0 Å². The maximum absolute atomic E-state index is 10.8.